The molecule has 2 atom stereocenters. The molecule has 0 radical (unpaired) electrons. The molecule has 0 saturated carbocycles. The van der Waals surface area contributed by atoms with Crippen LogP contribution in [0.25, 0.3) is 0 Å². The number of unbranched alkanes of at least 4 members (excludes halogenated alkanes) is 52. The maximum absolute atomic E-state index is 12.5. The summed E-state index contributed by atoms with van der Waals surface area (Å²) < 4.78 is 5.50. The molecule has 6 heteroatoms. The van der Waals surface area contributed by atoms with E-state index < -0.39 is 12.1 Å². The van der Waals surface area contributed by atoms with E-state index in [0.29, 0.717) is 25.9 Å². The smallest absolute Gasteiger partial charge is 0.305 e. The molecule has 75 heavy (non-hydrogen) atoms. The first-order valence-corrected chi connectivity index (χ1v) is 34.4. The highest BCUT2D eigenvalue weighted by atomic mass is 16.5. The molecule has 0 fully saturated rings. The zero-order valence-corrected chi connectivity index (χ0v) is 51.1. The van der Waals surface area contributed by atoms with E-state index in [1.165, 1.54) is 321 Å². The molecular formula is C69H135NO5. The van der Waals surface area contributed by atoms with Crippen LogP contribution in [0.1, 0.15) is 393 Å². The van der Waals surface area contributed by atoms with E-state index in [2.05, 4.69) is 31.3 Å². The van der Waals surface area contributed by atoms with Gasteiger partial charge in [0, 0.05) is 12.8 Å². The molecule has 3 N–H and O–H groups in total. The number of ether oxygens (including phenoxy) is 1. The second-order valence-corrected chi connectivity index (χ2v) is 23.9. The van der Waals surface area contributed by atoms with E-state index in [0.717, 1.165) is 38.5 Å². The third kappa shape index (κ3) is 61.7. The molecule has 0 heterocycles. The molecule has 0 aliphatic carbocycles. The third-order valence-electron chi connectivity index (χ3n) is 16.3. The van der Waals surface area contributed by atoms with Crippen molar-refractivity contribution in [1.82, 2.24) is 5.32 Å². The third-order valence-corrected chi connectivity index (χ3v) is 16.3. The zero-order chi connectivity index (χ0) is 54.3. The molecule has 2 unspecified atom stereocenters. The largest absolute Gasteiger partial charge is 0.466 e. The van der Waals surface area contributed by atoms with Crippen LogP contribution in [-0.2, 0) is 14.3 Å². The molecule has 0 rings (SSSR count). The molecule has 0 saturated heterocycles. The van der Waals surface area contributed by atoms with Gasteiger partial charge in [0.25, 0.3) is 0 Å². The molecule has 0 aromatic heterocycles. The van der Waals surface area contributed by atoms with E-state index in [1.54, 1.807) is 0 Å². The van der Waals surface area contributed by atoms with Crippen LogP contribution < -0.4 is 5.32 Å². The molecule has 0 aromatic carbocycles. The number of aliphatic hydroxyl groups is 2. The number of hydrogen-bond donors (Lipinski definition) is 3. The Hall–Kier alpha value is -1.40. The van der Waals surface area contributed by atoms with E-state index in [-0.39, 0.29) is 18.5 Å². The monoisotopic (exact) mass is 1060 g/mol. The minimum atomic E-state index is -0.665. The summed E-state index contributed by atoms with van der Waals surface area (Å²) in [6, 6.07) is -0.542. The normalized spacial score (nSPS) is 12.5. The Morgan fingerprint density at radius 2 is 0.627 bits per heavy atom. The number of carbonyl (C=O) groups is 2. The van der Waals surface area contributed by atoms with Gasteiger partial charge in [-0.2, -0.15) is 0 Å². The van der Waals surface area contributed by atoms with Crippen molar-refractivity contribution in [2.24, 2.45) is 0 Å². The summed E-state index contributed by atoms with van der Waals surface area (Å²) in [5.74, 6) is -0.0145. The summed E-state index contributed by atoms with van der Waals surface area (Å²) in [6.07, 6.45) is 79.6. The topological polar surface area (TPSA) is 95.9 Å². The Balaban J connectivity index is 3.36. The van der Waals surface area contributed by atoms with Crippen LogP contribution in [0.5, 0.6) is 0 Å². The van der Waals surface area contributed by atoms with Crippen LogP contribution in [0.4, 0.5) is 0 Å². The van der Waals surface area contributed by atoms with Crippen molar-refractivity contribution in [2.75, 3.05) is 13.2 Å². The van der Waals surface area contributed by atoms with Gasteiger partial charge in [0.15, 0.2) is 0 Å². The predicted molar refractivity (Wildman–Crippen MR) is 329 cm³/mol. The molecule has 0 aliphatic heterocycles. The van der Waals surface area contributed by atoms with Gasteiger partial charge in [0.1, 0.15) is 0 Å². The van der Waals surface area contributed by atoms with E-state index >= 15 is 0 Å². The average Bonchev–Trinajstić information content (AvgIpc) is 3.41. The maximum atomic E-state index is 12.5. The molecule has 0 aromatic rings. The molecule has 0 spiro atoms. The maximum Gasteiger partial charge on any atom is 0.305 e. The fourth-order valence-corrected chi connectivity index (χ4v) is 11.1. The highest BCUT2D eigenvalue weighted by Crippen LogP contribution is 2.19. The molecular weight excluding hydrogens is 923 g/mol. The number of carbonyl (C=O) groups excluding carboxylic acids is 2. The highest BCUT2D eigenvalue weighted by Gasteiger charge is 2.20. The first kappa shape index (κ1) is 73.6. The lowest BCUT2D eigenvalue weighted by atomic mass is 10.0. The van der Waals surface area contributed by atoms with Crippen molar-refractivity contribution in [3.05, 3.63) is 12.2 Å². The highest BCUT2D eigenvalue weighted by molar-refractivity contribution is 5.76. The van der Waals surface area contributed by atoms with Crippen molar-refractivity contribution in [3.8, 4) is 0 Å². The van der Waals surface area contributed by atoms with Crippen molar-refractivity contribution in [2.45, 2.75) is 405 Å². The molecule has 0 aliphatic rings. The molecule has 446 valence electrons. The Labute approximate surface area is 469 Å². The van der Waals surface area contributed by atoms with Crippen LogP contribution in [0.2, 0.25) is 0 Å². The van der Waals surface area contributed by atoms with E-state index in [9.17, 15) is 19.8 Å². The zero-order valence-electron chi connectivity index (χ0n) is 51.1. The first-order chi connectivity index (χ1) is 37.0. The van der Waals surface area contributed by atoms with Crippen molar-refractivity contribution >= 4 is 11.9 Å². The number of rotatable bonds is 65. The number of esters is 1. The summed E-state index contributed by atoms with van der Waals surface area (Å²) in [7, 11) is 0. The van der Waals surface area contributed by atoms with Crippen molar-refractivity contribution in [3.63, 3.8) is 0 Å². The average molecular weight is 1060 g/mol. The van der Waals surface area contributed by atoms with Gasteiger partial charge in [-0.05, 0) is 51.4 Å². The number of nitrogens with one attached hydrogen (secondary N) is 1. The Morgan fingerprint density at radius 3 is 0.947 bits per heavy atom. The van der Waals surface area contributed by atoms with Crippen LogP contribution in [0.15, 0.2) is 12.2 Å². The number of aliphatic hydroxyl groups excluding tert-OH is 2. The van der Waals surface area contributed by atoms with E-state index in [4.69, 9.17) is 4.74 Å². The van der Waals surface area contributed by atoms with Gasteiger partial charge in [-0.15, -0.1) is 0 Å². The SMILES string of the molecule is CCCCCCCCCCCCCCCCCCCC(=O)OCCCCCCCCCCCCCC/C=C\CCCCCCCCCCCCC(=O)NC(CO)C(O)CCCCCCCCCCCCCCCCC. The van der Waals surface area contributed by atoms with Gasteiger partial charge in [0.2, 0.25) is 5.91 Å². The van der Waals surface area contributed by atoms with Gasteiger partial charge in [-0.3, -0.25) is 9.59 Å². The van der Waals surface area contributed by atoms with Gasteiger partial charge in [0.05, 0.1) is 25.4 Å². The van der Waals surface area contributed by atoms with Gasteiger partial charge < -0.3 is 20.3 Å². The lowest BCUT2D eigenvalue weighted by Gasteiger charge is -2.22. The summed E-state index contributed by atoms with van der Waals surface area (Å²) in [6.45, 7) is 4.99. The number of hydrogen-bond acceptors (Lipinski definition) is 5. The van der Waals surface area contributed by atoms with Gasteiger partial charge in [-0.1, -0.05) is 341 Å². The number of allylic oxidation sites excluding steroid dienone is 2. The van der Waals surface area contributed by atoms with Crippen molar-refractivity contribution < 1.29 is 24.5 Å². The minimum Gasteiger partial charge on any atom is -0.466 e. The minimum absolute atomic E-state index is 0.0192. The lowest BCUT2D eigenvalue weighted by Crippen LogP contribution is -2.45. The summed E-state index contributed by atoms with van der Waals surface area (Å²) in [4.78, 5) is 24.6. The standard InChI is InChI=1S/C69H135NO5/c1-3-5-7-9-11-13-15-17-19-30-35-39-43-47-51-55-59-63-69(74)75-64-60-56-52-48-44-40-36-32-29-27-25-23-21-20-22-24-26-28-31-34-38-42-46-50-54-58-62-68(73)70-66(65-71)67(72)61-57-53-49-45-41-37-33-18-16-14-12-10-8-6-4-2/h20,22,66-67,71-72H,3-19,21,23-65H2,1-2H3,(H,70,73)/b22-20-. The number of amides is 1. The second kappa shape index (κ2) is 65.1. The summed E-state index contributed by atoms with van der Waals surface area (Å²) >= 11 is 0. The Morgan fingerprint density at radius 1 is 0.360 bits per heavy atom. The van der Waals surface area contributed by atoms with Crippen LogP contribution in [0.3, 0.4) is 0 Å². The molecule has 0 bridgehead atoms. The van der Waals surface area contributed by atoms with Crippen LogP contribution in [-0.4, -0.2) is 47.4 Å². The summed E-state index contributed by atoms with van der Waals surface area (Å²) in [5.41, 5.74) is 0. The Kier molecular flexibility index (Phi) is 63.9. The van der Waals surface area contributed by atoms with Crippen molar-refractivity contribution in [1.29, 1.82) is 0 Å². The predicted octanol–water partition coefficient (Wildman–Crippen LogP) is 22.0. The Bertz CT molecular complexity index is 1130. The lowest BCUT2D eigenvalue weighted by molar-refractivity contribution is -0.143. The fraction of sp³-hybridized carbons (Fsp3) is 0.942. The van der Waals surface area contributed by atoms with Gasteiger partial charge >= 0.3 is 5.97 Å². The quantitative estimate of drug-likeness (QED) is 0.0320. The second-order valence-electron chi connectivity index (χ2n) is 23.9. The van der Waals surface area contributed by atoms with E-state index in [1.807, 2.05) is 0 Å². The molecule has 6 nitrogen and oxygen atoms in total. The van der Waals surface area contributed by atoms with Gasteiger partial charge in [-0.25, -0.2) is 0 Å². The van der Waals surface area contributed by atoms with Crippen LogP contribution >= 0.6 is 0 Å². The molecule has 1 amide bonds. The van der Waals surface area contributed by atoms with Crippen LogP contribution in [0, 0.1) is 0 Å². The summed E-state index contributed by atoms with van der Waals surface area (Å²) in [5, 5.41) is 23.3. The fourth-order valence-electron chi connectivity index (χ4n) is 11.1. The first-order valence-electron chi connectivity index (χ1n) is 34.4.